The molecule has 0 saturated heterocycles. The quantitative estimate of drug-likeness (QED) is 0.452. The van der Waals surface area contributed by atoms with E-state index in [2.05, 4.69) is 10.6 Å². The number of amides is 2. The van der Waals surface area contributed by atoms with E-state index in [0.29, 0.717) is 6.54 Å². The number of urea groups is 1. The minimum atomic E-state index is -0.277. The average Bonchev–Trinajstić information content (AvgIpc) is 3.19. The number of anilines is 1. The van der Waals surface area contributed by atoms with Crippen LogP contribution in [0, 0.1) is 0 Å². The van der Waals surface area contributed by atoms with E-state index in [1.165, 1.54) is 0 Å². The van der Waals surface area contributed by atoms with Gasteiger partial charge in [0.1, 0.15) is 0 Å². The SMILES string of the molecule is Nc1ccccc1C1(NC(=O)NCCCCCO)CC1. The van der Waals surface area contributed by atoms with E-state index in [-0.39, 0.29) is 18.2 Å². The molecule has 0 unspecified atom stereocenters. The van der Waals surface area contributed by atoms with Gasteiger partial charge in [-0.3, -0.25) is 0 Å². The van der Waals surface area contributed by atoms with E-state index in [0.717, 1.165) is 43.4 Å². The van der Waals surface area contributed by atoms with Gasteiger partial charge in [-0.1, -0.05) is 18.2 Å². The predicted molar refractivity (Wildman–Crippen MR) is 79.2 cm³/mol. The van der Waals surface area contributed by atoms with Crippen molar-refractivity contribution in [2.24, 2.45) is 0 Å². The van der Waals surface area contributed by atoms with Crippen molar-refractivity contribution in [2.45, 2.75) is 37.6 Å². The zero-order valence-electron chi connectivity index (χ0n) is 11.7. The van der Waals surface area contributed by atoms with Crippen LogP contribution in [0.3, 0.4) is 0 Å². The molecule has 5 N–H and O–H groups in total. The van der Waals surface area contributed by atoms with Crippen molar-refractivity contribution in [2.75, 3.05) is 18.9 Å². The molecule has 20 heavy (non-hydrogen) atoms. The normalized spacial score (nSPS) is 15.7. The lowest BCUT2D eigenvalue weighted by Gasteiger charge is -2.20. The first-order valence-electron chi connectivity index (χ1n) is 7.20. The average molecular weight is 277 g/mol. The van der Waals surface area contributed by atoms with E-state index in [1.54, 1.807) is 0 Å². The van der Waals surface area contributed by atoms with Gasteiger partial charge in [0.15, 0.2) is 0 Å². The molecule has 5 nitrogen and oxygen atoms in total. The molecule has 2 amide bonds. The van der Waals surface area contributed by atoms with Crippen molar-refractivity contribution in [3.05, 3.63) is 29.8 Å². The Morgan fingerprint density at radius 2 is 2.00 bits per heavy atom. The highest BCUT2D eigenvalue weighted by molar-refractivity contribution is 5.76. The first-order chi connectivity index (χ1) is 9.68. The summed E-state index contributed by atoms with van der Waals surface area (Å²) in [5.41, 5.74) is 7.44. The van der Waals surface area contributed by atoms with Crippen molar-refractivity contribution in [1.29, 1.82) is 0 Å². The van der Waals surface area contributed by atoms with Crippen LogP contribution in [0.4, 0.5) is 10.5 Å². The number of nitrogen functional groups attached to an aromatic ring is 1. The lowest BCUT2D eigenvalue weighted by molar-refractivity contribution is 0.235. The molecule has 1 saturated carbocycles. The number of unbranched alkanes of at least 4 members (excludes halogenated alkanes) is 2. The van der Waals surface area contributed by atoms with Crippen LogP contribution < -0.4 is 16.4 Å². The minimum absolute atomic E-state index is 0.144. The number of hydrogen-bond donors (Lipinski definition) is 4. The molecule has 1 aromatic carbocycles. The monoisotopic (exact) mass is 277 g/mol. The van der Waals surface area contributed by atoms with Crippen LogP contribution in [0.1, 0.15) is 37.7 Å². The number of benzene rings is 1. The van der Waals surface area contributed by atoms with Gasteiger partial charge in [-0.15, -0.1) is 0 Å². The summed E-state index contributed by atoms with van der Waals surface area (Å²) in [6, 6.07) is 7.54. The maximum atomic E-state index is 11.9. The molecule has 1 aliphatic carbocycles. The van der Waals surface area contributed by atoms with Crippen molar-refractivity contribution in [1.82, 2.24) is 10.6 Å². The second-order valence-corrected chi connectivity index (χ2v) is 5.33. The van der Waals surface area contributed by atoms with E-state index in [9.17, 15) is 4.79 Å². The number of aliphatic hydroxyl groups excluding tert-OH is 1. The van der Waals surface area contributed by atoms with E-state index >= 15 is 0 Å². The molecule has 110 valence electrons. The maximum absolute atomic E-state index is 11.9. The van der Waals surface area contributed by atoms with Gasteiger partial charge >= 0.3 is 6.03 Å². The topological polar surface area (TPSA) is 87.4 Å². The Morgan fingerprint density at radius 3 is 2.65 bits per heavy atom. The zero-order valence-corrected chi connectivity index (χ0v) is 11.7. The molecule has 1 fully saturated rings. The largest absolute Gasteiger partial charge is 0.398 e. The van der Waals surface area contributed by atoms with Crippen LogP contribution in [0.2, 0.25) is 0 Å². The summed E-state index contributed by atoms with van der Waals surface area (Å²) in [5.74, 6) is 0. The highest BCUT2D eigenvalue weighted by Gasteiger charge is 2.46. The summed E-state index contributed by atoms with van der Waals surface area (Å²) in [4.78, 5) is 11.9. The lowest BCUT2D eigenvalue weighted by atomic mass is 10.0. The molecule has 5 heteroatoms. The first kappa shape index (κ1) is 14.7. The molecule has 1 aromatic rings. The van der Waals surface area contributed by atoms with Crippen molar-refractivity contribution < 1.29 is 9.90 Å². The number of para-hydroxylation sites is 1. The molecule has 0 aromatic heterocycles. The molecule has 0 spiro atoms. The molecule has 1 aliphatic rings. The summed E-state index contributed by atoms with van der Waals surface area (Å²) < 4.78 is 0. The standard InChI is InChI=1S/C15H23N3O2/c16-13-7-3-2-6-12(13)15(8-9-15)18-14(20)17-10-4-1-5-11-19/h2-3,6-7,19H,1,4-5,8-11,16H2,(H2,17,18,20). The number of rotatable bonds is 7. The second kappa shape index (κ2) is 6.61. The molecule has 0 radical (unpaired) electrons. The van der Waals surface area contributed by atoms with Gasteiger partial charge in [-0.25, -0.2) is 4.79 Å². The predicted octanol–water partition coefficient (Wildman–Crippen LogP) is 1.72. The number of nitrogens with one attached hydrogen (secondary N) is 2. The fraction of sp³-hybridized carbons (Fsp3) is 0.533. The molecule has 0 aliphatic heterocycles. The van der Waals surface area contributed by atoms with Crippen LogP contribution in [0.15, 0.2) is 24.3 Å². The lowest BCUT2D eigenvalue weighted by Crippen LogP contribution is -2.42. The summed E-state index contributed by atoms with van der Waals surface area (Å²) in [7, 11) is 0. The number of aliphatic hydroxyl groups is 1. The Balaban J connectivity index is 1.81. The molecule has 2 rings (SSSR count). The van der Waals surface area contributed by atoms with Crippen LogP contribution >= 0.6 is 0 Å². The van der Waals surface area contributed by atoms with E-state index < -0.39 is 0 Å². The highest BCUT2D eigenvalue weighted by Crippen LogP contribution is 2.47. The molecule has 0 bridgehead atoms. The number of hydrogen-bond acceptors (Lipinski definition) is 3. The van der Waals surface area contributed by atoms with E-state index in [4.69, 9.17) is 10.8 Å². The third-order valence-corrected chi connectivity index (χ3v) is 3.70. The molecule has 0 atom stereocenters. The van der Waals surface area contributed by atoms with Gasteiger partial charge in [-0.05, 0) is 38.2 Å². The van der Waals surface area contributed by atoms with Gasteiger partial charge in [0.05, 0.1) is 5.54 Å². The maximum Gasteiger partial charge on any atom is 0.315 e. The highest BCUT2D eigenvalue weighted by atomic mass is 16.2. The summed E-state index contributed by atoms with van der Waals surface area (Å²) in [5, 5.41) is 14.6. The minimum Gasteiger partial charge on any atom is -0.398 e. The van der Waals surface area contributed by atoms with Crippen LogP contribution in [-0.2, 0) is 5.54 Å². The van der Waals surface area contributed by atoms with E-state index in [1.807, 2.05) is 24.3 Å². The summed E-state index contributed by atoms with van der Waals surface area (Å²) in [6.07, 6.45) is 4.45. The smallest absolute Gasteiger partial charge is 0.315 e. The van der Waals surface area contributed by atoms with Gasteiger partial charge < -0.3 is 21.5 Å². The Hall–Kier alpha value is -1.75. The van der Waals surface area contributed by atoms with Crippen LogP contribution in [0.25, 0.3) is 0 Å². The third kappa shape index (κ3) is 3.63. The third-order valence-electron chi connectivity index (χ3n) is 3.70. The molecular formula is C15H23N3O2. The fourth-order valence-electron chi connectivity index (χ4n) is 2.40. The van der Waals surface area contributed by atoms with Crippen LogP contribution in [0.5, 0.6) is 0 Å². The Kier molecular flexibility index (Phi) is 4.84. The molecule has 0 heterocycles. The van der Waals surface area contributed by atoms with Crippen molar-refractivity contribution in [3.8, 4) is 0 Å². The van der Waals surface area contributed by atoms with Gasteiger partial charge in [0.25, 0.3) is 0 Å². The van der Waals surface area contributed by atoms with Gasteiger partial charge in [0.2, 0.25) is 0 Å². The summed E-state index contributed by atoms with van der Waals surface area (Å²) in [6.45, 7) is 0.842. The fourth-order valence-corrected chi connectivity index (χ4v) is 2.40. The number of carbonyl (C=O) groups excluding carboxylic acids is 1. The van der Waals surface area contributed by atoms with Crippen LogP contribution in [-0.4, -0.2) is 24.3 Å². The first-order valence-corrected chi connectivity index (χ1v) is 7.20. The Morgan fingerprint density at radius 1 is 1.25 bits per heavy atom. The zero-order chi connectivity index (χ0) is 14.4. The Labute approximate surface area is 119 Å². The van der Waals surface area contributed by atoms with Crippen molar-refractivity contribution in [3.63, 3.8) is 0 Å². The van der Waals surface area contributed by atoms with Gasteiger partial charge in [-0.2, -0.15) is 0 Å². The second-order valence-electron chi connectivity index (χ2n) is 5.33. The Bertz CT molecular complexity index is 458. The van der Waals surface area contributed by atoms with Gasteiger partial charge in [0, 0.05) is 24.4 Å². The number of carbonyl (C=O) groups is 1. The summed E-state index contributed by atoms with van der Waals surface area (Å²) >= 11 is 0. The van der Waals surface area contributed by atoms with Crippen molar-refractivity contribution >= 4 is 11.7 Å². The molecular weight excluding hydrogens is 254 g/mol. The number of nitrogens with two attached hydrogens (primary N) is 1.